The van der Waals surface area contributed by atoms with Crippen molar-refractivity contribution < 1.29 is 23.5 Å². The monoisotopic (exact) mass is 404 g/mol. The van der Waals surface area contributed by atoms with Crippen LogP contribution in [-0.2, 0) is 9.59 Å². The van der Waals surface area contributed by atoms with Gasteiger partial charge in [-0.2, -0.15) is 0 Å². The molecule has 1 saturated carbocycles. The molecule has 1 aliphatic carbocycles. The van der Waals surface area contributed by atoms with Crippen molar-refractivity contribution in [2.45, 2.75) is 24.8 Å². The van der Waals surface area contributed by atoms with Crippen LogP contribution in [0.3, 0.4) is 0 Å². The molecule has 0 radical (unpaired) electrons. The summed E-state index contributed by atoms with van der Waals surface area (Å²) in [5.74, 6) is -0.953. The molecule has 2 amide bonds. The van der Waals surface area contributed by atoms with Crippen molar-refractivity contribution in [1.29, 1.82) is 0 Å². The summed E-state index contributed by atoms with van der Waals surface area (Å²) < 4.78 is 24.4. The van der Waals surface area contributed by atoms with Gasteiger partial charge in [-0.3, -0.25) is 9.59 Å². The Bertz CT molecular complexity index is 936. The predicted molar refractivity (Wildman–Crippen MR) is 101 cm³/mol. The van der Waals surface area contributed by atoms with Crippen molar-refractivity contribution in [3.63, 3.8) is 0 Å². The largest absolute Gasteiger partial charge is 0.490 e. The molecule has 2 aromatic rings. The number of benzene rings is 2. The highest BCUT2D eigenvalue weighted by molar-refractivity contribution is 6.41. The van der Waals surface area contributed by atoms with Crippen LogP contribution < -0.4 is 20.1 Å². The molecule has 0 saturated heterocycles. The van der Waals surface area contributed by atoms with Crippen LogP contribution in [0.1, 0.15) is 24.3 Å². The van der Waals surface area contributed by atoms with Crippen molar-refractivity contribution in [3.8, 4) is 11.5 Å². The Morgan fingerprint density at radius 3 is 2.57 bits per heavy atom. The van der Waals surface area contributed by atoms with Gasteiger partial charge in [-0.25, -0.2) is 4.39 Å². The molecule has 8 heteroatoms. The SMILES string of the molecule is O=C(Nc1cc2c(cc1Cl)OCCCO2)C(=O)NC1CC1c1cccc(F)c1. The summed E-state index contributed by atoms with van der Waals surface area (Å²) in [6.45, 7) is 1.01. The number of carbonyl (C=O) groups excluding carboxylic acids is 2. The van der Waals surface area contributed by atoms with E-state index in [-0.39, 0.29) is 28.5 Å². The summed E-state index contributed by atoms with van der Waals surface area (Å²) in [4.78, 5) is 24.4. The minimum atomic E-state index is -0.832. The molecule has 6 nitrogen and oxygen atoms in total. The van der Waals surface area contributed by atoms with Crippen molar-refractivity contribution in [3.05, 3.63) is 52.8 Å². The van der Waals surface area contributed by atoms with E-state index in [0.29, 0.717) is 31.1 Å². The van der Waals surface area contributed by atoms with Gasteiger partial charge in [-0.1, -0.05) is 23.7 Å². The van der Waals surface area contributed by atoms with Crippen LogP contribution >= 0.6 is 11.6 Å². The average molecular weight is 405 g/mol. The van der Waals surface area contributed by atoms with Gasteiger partial charge in [0.2, 0.25) is 0 Å². The molecule has 28 heavy (non-hydrogen) atoms. The maximum absolute atomic E-state index is 13.3. The minimum Gasteiger partial charge on any atom is -0.490 e. The normalized spacial score (nSPS) is 20.1. The Kier molecular flexibility index (Phi) is 5.09. The first-order valence-corrected chi connectivity index (χ1v) is 9.35. The van der Waals surface area contributed by atoms with E-state index in [1.165, 1.54) is 12.1 Å². The Balaban J connectivity index is 1.38. The van der Waals surface area contributed by atoms with E-state index < -0.39 is 11.8 Å². The number of halogens is 2. The van der Waals surface area contributed by atoms with Crippen LogP contribution in [0.5, 0.6) is 11.5 Å². The van der Waals surface area contributed by atoms with Crippen LogP contribution in [0.4, 0.5) is 10.1 Å². The molecule has 2 N–H and O–H groups in total. The Hall–Kier alpha value is -2.80. The van der Waals surface area contributed by atoms with Gasteiger partial charge in [-0.05, 0) is 24.1 Å². The van der Waals surface area contributed by atoms with Gasteiger partial charge in [0.15, 0.2) is 11.5 Å². The number of nitrogens with one attached hydrogen (secondary N) is 2. The second kappa shape index (κ2) is 7.67. The van der Waals surface area contributed by atoms with E-state index in [1.807, 2.05) is 0 Å². The molecule has 1 heterocycles. The van der Waals surface area contributed by atoms with Gasteiger partial charge < -0.3 is 20.1 Å². The molecular formula is C20H18ClFN2O4. The maximum Gasteiger partial charge on any atom is 0.313 e. The molecule has 0 spiro atoms. The van der Waals surface area contributed by atoms with Crippen molar-refractivity contribution in [1.82, 2.24) is 5.32 Å². The zero-order valence-electron chi connectivity index (χ0n) is 14.8. The Morgan fingerprint density at radius 1 is 1.07 bits per heavy atom. The lowest BCUT2D eigenvalue weighted by molar-refractivity contribution is -0.136. The van der Waals surface area contributed by atoms with E-state index in [4.69, 9.17) is 21.1 Å². The van der Waals surface area contributed by atoms with Crippen molar-refractivity contribution in [2.75, 3.05) is 18.5 Å². The lowest BCUT2D eigenvalue weighted by atomic mass is 10.1. The predicted octanol–water partition coefficient (Wildman–Crippen LogP) is 3.25. The molecular weight excluding hydrogens is 387 g/mol. The van der Waals surface area contributed by atoms with Gasteiger partial charge in [0.05, 0.1) is 23.9 Å². The van der Waals surface area contributed by atoms with Gasteiger partial charge in [-0.15, -0.1) is 0 Å². The zero-order chi connectivity index (χ0) is 19.7. The fraction of sp³-hybridized carbons (Fsp3) is 0.300. The maximum atomic E-state index is 13.3. The summed E-state index contributed by atoms with van der Waals surface area (Å²) in [6, 6.07) is 9.13. The number of amides is 2. The highest BCUT2D eigenvalue weighted by Gasteiger charge is 2.40. The first-order valence-electron chi connectivity index (χ1n) is 8.98. The topological polar surface area (TPSA) is 76.7 Å². The summed E-state index contributed by atoms with van der Waals surface area (Å²) in [7, 11) is 0. The van der Waals surface area contributed by atoms with E-state index in [2.05, 4.69) is 10.6 Å². The number of rotatable bonds is 3. The number of fused-ring (bicyclic) bond motifs is 1. The molecule has 2 atom stereocenters. The van der Waals surface area contributed by atoms with E-state index in [0.717, 1.165) is 12.0 Å². The number of ether oxygens (including phenoxy) is 2. The smallest absolute Gasteiger partial charge is 0.313 e. The van der Waals surface area contributed by atoms with E-state index >= 15 is 0 Å². The Morgan fingerprint density at radius 2 is 1.82 bits per heavy atom. The summed E-state index contributed by atoms with van der Waals surface area (Å²) >= 11 is 6.18. The first kappa shape index (κ1) is 18.6. The van der Waals surface area contributed by atoms with Gasteiger partial charge in [0.25, 0.3) is 0 Å². The molecule has 4 rings (SSSR count). The quantitative estimate of drug-likeness (QED) is 0.770. The highest BCUT2D eigenvalue weighted by Crippen LogP contribution is 2.41. The van der Waals surface area contributed by atoms with Crippen LogP contribution in [0, 0.1) is 5.82 Å². The third kappa shape index (κ3) is 4.04. The standard InChI is InChI=1S/C20H18ClFN2O4/c21-14-9-17-18(28-6-2-5-27-17)10-16(14)24-20(26)19(25)23-15-8-13(15)11-3-1-4-12(22)7-11/h1,3-4,7,9-10,13,15H,2,5-6,8H2,(H,23,25)(H,24,26). The number of hydrogen-bond acceptors (Lipinski definition) is 4. The Labute approximate surface area is 166 Å². The van der Waals surface area contributed by atoms with Gasteiger partial charge in [0, 0.05) is 30.5 Å². The fourth-order valence-corrected chi connectivity index (χ4v) is 3.35. The van der Waals surface area contributed by atoms with Crippen molar-refractivity contribution >= 4 is 29.1 Å². The minimum absolute atomic E-state index is 0.00841. The van der Waals surface area contributed by atoms with Crippen LogP contribution in [-0.4, -0.2) is 31.1 Å². The zero-order valence-corrected chi connectivity index (χ0v) is 15.6. The first-order chi connectivity index (χ1) is 13.5. The number of hydrogen-bond donors (Lipinski definition) is 2. The second-order valence-electron chi connectivity index (χ2n) is 6.76. The molecule has 0 bridgehead atoms. The summed E-state index contributed by atoms with van der Waals surface area (Å²) in [6.07, 6.45) is 1.40. The fourth-order valence-electron chi connectivity index (χ4n) is 3.15. The molecule has 2 aliphatic rings. The molecule has 2 aromatic carbocycles. The molecule has 0 aromatic heterocycles. The molecule has 146 valence electrons. The number of anilines is 1. The highest BCUT2D eigenvalue weighted by atomic mass is 35.5. The van der Waals surface area contributed by atoms with Crippen LogP contribution in [0.15, 0.2) is 36.4 Å². The lowest BCUT2D eigenvalue weighted by Gasteiger charge is -2.12. The van der Waals surface area contributed by atoms with E-state index in [1.54, 1.807) is 24.3 Å². The van der Waals surface area contributed by atoms with Gasteiger partial charge in [0.1, 0.15) is 5.82 Å². The number of carbonyl (C=O) groups is 2. The van der Waals surface area contributed by atoms with Crippen LogP contribution in [0.25, 0.3) is 0 Å². The third-order valence-electron chi connectivity index (χ3n) is 4.68. The second-order valence-corrected chi connectivity index (χ2v) is 7.17. The van der Waals surface area contributed by atoms with E-state index in [9.17, 15) is 14.0 Å². The lowest BCUT2D eigenvalue weighted by Crippen LogP contribution is -2.37. The average Bonchev–Trinajstić information content (AvgIpc) is 3.45. The summed E-state index contributed by atoms with van der Waals surface area (Å²) in [5, 5.41) is 5.41. The molecule has 2 unspecified atom stereocenters. The summed E-state index contributed by atoms with van der Waals surface area (Å²) in [5.41, 5.74) is 1.07. The molecule has 1 fully saturated rings. The van der Waals surface area contributed by atoms with Crippen molar-refractivity contribution in [2.24, 2.45) is 0 Å². The van der Waals surface area contributed by atoms with Gasteiger partial charge >= 0.3 is 11.8 Å². The third-order valence-corrected chi connectivity index (χ3v) is 4.99. The molecule has 1 aliphatic heterocycles. The van der Waals surface area contributed by atoms with Crippen LogP contribution in [0.2, 0.25) is 5.02 Å².